The molecule has 22 heavy (non-hydrogen) atoms. The van der Waals surface area contributed by atoms with E-state index in [1.165, 1.54) is 0 Å². The molecular weight excluding hydrogens is 282 g/mol. The number of nitrogens with zero attached hydrogens (tertiary/aromatic N) is 4. The van der Waals surface area contributed by atoms with E-state index < -0.39 is 0 Å². The van der Waals surface area contributed by atoms with Crippen LogP contribution < -0.4 is 5.32 Å². The fraction of sp³-hybridized carbons (Fsp3) is 0.467. The molecule has 116 valence electrons. The first-order valence-corrected chi connectivity index (χ1v) is 7.54. The van der Waals surface area contributed by atoms with Crippen molar-refractivity contribution in [2.75, 3.05) is 19.6 Å². The maximum absolute atomic E-state index is 11.9. The van der Waals surface area contributed by atoms with Crippen LogP contribution in [0.1, 0.15) is 31.6 Å². The van der Waals surface area contributed by atoms with Crippen LogP contribution in [0.2, 0.25) is 0 Å². The molecule has 1 aliphatic rings. The lowest BCUT2D eigenvalue weighted by atomic mass is 10.1. The van der Waals surface area contributed by atoms with Crippen molar-refractivity contribution in [2.45, 2.75) is 25.7 Å². The van der Waals surface area contributed by atoms with Gasteiger partial charge in [-0.1, -0.05) is 12.1 Å². The first-order valence-electron chi connectivity index (χ1n) is 7.54. The molecule has 2 amide bonds. The van der Waals surface area contributed by atoms with Crippen LogP contribution in [-0.2, 0) is 0 Å². The summed E-state index contributed by atoms with van der Waals surface area (Å²) in [5, 5.41) is 6.91. The topological polar surface area (TPSA) is 84.2 Å². The highest BCUT2D eigenvalue weighted by atomic mass is 16.5. The molecule has 3 rings (SSSR count). The third-order valence-electron chi connectivity index (χ3n) is 3.73. The lowest BCUT2D eigenvalue weighted by molar-refractivity contribution is 0.207. The molecule has 3 heterocycles. The molecule has 1 fully saturated rings. The Morgan fingerprint density at radius 1 is 1.45 bits per heavy atom. The standard InChI is InChI=1S/C15H19N5O2/c1-2-6-17-15(21)20-9-5-12(10-20)14-18-13(19-22-14)11-3-7-16-8-4-11/h3-4,7-8,12H,2,5-6,9-10H2,1H3,(H,17,21). The number of pyridine rings is 1. The lowest BCUT2D eigenvalue weighted by Gasteiger charge is -2.16. The Morgan fingerprint density at radius 3 is 3.05 bits per heavy atom. The largest absolute Gasteiger partial charge is 0.339 e. The highest BCUT2D eigenvalue weighted by Gasteiger charge is 2.31. The summed E-state index contributed by atoms with van der Waals surface area (Å²) in [5.74, 6) is 1.26. The molecule has 0 aliphatic carbocycles. The zero-order chi connectivity index (χ0) is 15.4. The Hall–Kier alpha value is -2.44. The van der Waals surface area contributed by atoms with Crippen molar-refractivity contribution in [1.82, 2.24) is 25.3 Å². The zero-order valence-electron chi connectivity index (χ0n) is 12.5. The second-order valence-electron chi connectivity index (χ2n) is 5.36. The molecule has 2 aromatic rings. The van der Waals surface area contributed by atoms with Gasteiger partial charge in [-0.2, -0.15) is 4.98 Å². The van der Waals surface area contributed by atoms with E-state index in [9.17, 15) is 4.79 Å². The molecule has 0 saturated carbocycles. The van der Waals surface area contributed by atoms with Crippen LogP contribution in [0.4, 0.5) is 4.79 Å². The summed E-state index contributed by atoms with van der Waals surface area (Å²) in [5.41, 5.74) is 0.876. The van der Waals surface area contributed by atoms with Crippen LogP contribution in [0.25, 0.3) is 11.4 Å². The van der Waals surface area contributed by atoms with Crippen LogP contribution in [0.5, 0.6) is 0 Å². The van der Waals surface area contributed by atoms with E-state index in [1.54, 1.807) is 17.3 Å². The zero-order valence-corrected chi connectivity index (χ0v) is 12.5. The van der Waals surface area contributed by atoms with Crippen molar-refractivity contribution in [2.24, 2.45) is 0 Å². The number of urea groups is 1. The van der Waals surface area contributed by atoms with Gasteiger partial charge in [0.2, 0.25) is 11.7 Å². The molecule has 1 aliphatic heterocycles. The summed E-state index contributed by atoms with van der Waals surface area (Å²) in [4.78, 5) is 22.2. The molecule has 7 nitrogen and oxygen atoms in total. The maximum atomic E-state index is 11.9. The second-order valence-corrected chi connectivity index (χ2v) is 5.36. The number of rotatable bonds is 4. The molecule has 2 aromatic heterocycles. The Labute approximate surface area is 128 Å². The number of hydrogen-bond donors (Lipinski definition) is 1. The molecule has 7 heteroatoms. The van der Waals surface area contributed by atoms with Crippen molar-refractivity contribution in [3.63, 3.8) is 0 Å². The molecular formula is C15H19N5O2. The van der Waals surface area contributed by atoms with Crippen LogP contribution in [0.3, 0.4) is 0 Å². The fourth-order valence-electron chi connectivity index (χ4n) is 2.51. The van der Waals surface area contributed by atoms with Crippen molar-refractivity contribution < 1.29 is 9.32 Å². The summed E-state index contributed by atoms with van der Waals surface area (Å²) >= 11 is 0. The molecule has 0 spiro atoms. The number of carbonyl (C=O) groups excluding carboxylic acids is 1. The molecule has 1 atom stereocenters. The van der Waals surface area contributed by atoms with Gasteiger partial charge >= 0.3 is 6.03 Å². The number of carbonyl (C=O) groups is 1. The van der Waals surface area contributed by atoms with Gasteiger partial charge in [-0.25, -0.2) is 4.79 Å². The van der Waals surface area contributed by atoms with Gasteiger partial charge in [0.15, 0.2) is 0 Å². The minimum atomic E-state index is -0.0155. The van der Waals surface area contributed by atoms with E-state index in [0.29, 0.717) is 31.3 Å². The molecule has 1 unspecified atom stereocenters. The number of nitrogens with one attached hydrogen (secondary N) is 1. The van der Waals surface area contributed by atoms with Crippen LogP contribution in [0.15, 0.2) is 29.0 Å². The summed E-state index contributed by atoms with van der Waals surface area (Å²) < 4.78 is 5.37. The quantitative estimate of drug-likeness (QED) is 0.934. The highest BCUT2D eigenvalue weighted by molar-refractivity contribution is 5.74. The van der Waals surface area contributed by atoms with E-state index in [1.807, 2.05) is 19.1 Å². The molecule has 1 saturated heterocycles. The Bertz CT molecular complexity index is 628. The SMILES string of the molecule is CCCNC(=O)N1CCC(c2nc(-c3ccncc3)no2)C1. The van der Waals surface area contributed by atoms with Crippen LogP contribution in [0, 0.1) is 0 Å². The van der Waals surface area contributed by atoms with Crippen molar-refractivity contribution in [1.29, 1.82) is 0 Å². The minimum Gasteiger partial charge on any atom is -0.339 e. The summed E-state index contributed by atoms with van der Waals surface area (Å²) in [7, 11) is 0. The third kappa shape index (κ3) is 3.08. The molecule has 0 bridgehead atoms. The van der Waals surface area contributed by atoms with E-state index >= 15 is 0 Å². The number of hydrogen-bond acceptors (Lipinski definition) is 5. The van der Waals surface area contributed by atoms with E-state index in [2.05, 4.69) is 20.4 Å². The van der Waals surface area contributed by atoms with Gasteiger partial charge in [0, 0.05) is 37.6 Å². The normalized spacial score (nSPS) is 17.7. The molecule has 1 N–H and O–H groups in total. The van der Waals surface area contributed by atoms with Gasteiger partial charge in [0.05, 0.1) is 5.92 Å². The van der Waals surface area contributed by atoms with Gasteiger partial charge in [-0.3, -0.25) is 4.98 Å². The second kappa shape index (κ2) is 6.55. The monoisotopic (exact) mass is 301 g/mol. The Kier molecular flexibility index (Phi) is 4.32. The first kappa shape index (κ1) is 14.5. The molecule has 0 radical (unpaired) electrons. The van der Waals surface area contributed by atoms with Crippen molar-refractivity contribution in [3.05, 3.63) is 30.4 Å². The summed E-state index contributed by atoms with van der Waals surface area (Å²) in [6.45, 7) is 4.07. The van der Waals surface area contributed by atoms with Gasteiger partial charge in [0.25, 0.3) is 0 Å². The predicted molar refractivity (Wildman–Crippen MR) is 80.1 cm³/mol. The predicted octanol–water partition coefficient (Wildman–Crippen LogP) is 2.04. The Balaban J connectivity index is 1.64. The third-order valence-corrected chi connectivity index (χ3v) is 3.73. The van der Waals surface area contributed by atoms with E-state index in [-0.39, 0.29) is 11.9 Å². The smallest absolute Gasteiger partial charge is 0.317 e. The summed E-state index contributed by atoms with van der Waals surface area (Å²) in [6.07, 6.45) is 5.17. The van der Waals surface area contributed by atoms with Crippen LogP contribution >= 0.6 is 0 Å². The number of aromatic nitrogens is 3. The van der Waals surface area contributed by atoms with Gasteiger partial charge in [-0.15, -0.1) is 0 Å². The van der Waals surface area contributed by atoms with Crippen molar-refractivity contribution >= 4 is 6.03 Å². The summed E-state index contributed by atoms with van der Waals surface area (Å²) in [6, 6.07) is 3.67. The van der Waals surface area contributed by atoms with Gasteiger partial charge in [-0.05, 0) is 25.0 Å². The number of likely N-dealkylation sites (tertiary alicyclic amines) is 1. The fourth-order valence-corrected chi connectivity index (χ4v) is 2.51. The number of amides is 2. The molecule has 0 aromatic carbocycles. The highest BCUT2D eigenvalue weighted by Crippen LogP contribution is 2.27. The van der Waals surface area contributed by atoms with Gasteiger partial charge in [0.1, 0.15) is 0 Å². The first-order chi connectivity index (χ1) is 10.8. The van der Waals surface area contributed by atoms with Gasteiger partial charge < -0.3 is 14.7 Å². The van der Waals surface area contributed by atoms with Crippen LogP contribution in [-0.4, -0.2) is 45.7 Å². The average molecular weight is 301 g/mol. The maximum Gasteiger partial charge on any atom is 0.317 e. The Morgan fingerprint density at radius 2 is 2.27 bits per heavy atom. The minimum absolute atomic E-state index is 0.0155. The van der Waals surface area contributed by atoms with E-state index in [0.717, 1.165) is 18.4 Å². The average Bonchev–Trinajstić information content (AvgIpc) is 3.22. The van der Waals surface area contributed by atoms with Crippen molar-refractivity contribution in [3.8, 4) is 11.4 Å². The lowest BCUT2D eigenvalue weighted by Crippen LogP contribution is -2.38. The van der Waals surface area contributed by atoms with E-state index in [4.69, 9.17) is 4.52 Å².